The number of carbonyl (C=O) groups is 1. The normalized spacial score (nSPS) is 18.4. The minimum Gasteiger partial charge on any atom is -0.467 e. The number of piperidine rings is 1. The van der Waals surface area contributed by atoms with E-state index in [0.717, 1.165) is 19.0 Å². The zero-order valence-corrected chi connectivity index (χ0v) is 12.5. The number of furan rings is 1. The van der Waals surface area contributed by atoms with E-state index in [1.807, 2.05) is 0 Å². The molecule has 1 atom stereocenters. The fourth-order valence-corrected chi connectivity index (χ4v) is 2.46. The van der Waals surface area contributed by atoms with Gasteiger partial charge in [0.05, 0.1) is 18.9 Å². The highest BCUT2D eigenvalue weighted by molar-refractivity contribution is 5.73. The summed E-state index contributed by atoms with van der Waals surface area (Å²) in [4.78, 5) is 13.8. The number of nitrogens with zero attached hydrogens (tertiary/aromatic N) is 1. The van der Waals surface area contributed by atoms with Crippen molar-refractivity contribution in [3.8, 4) is 0 Å². The van der Waals surface area contributed by atoms with Crippen molar-refractivity contribution in [2.24, 2.45) is 5.92 Å². The van der Waals surface area contributed by atoms with Crippen LogP contribution >= 0.6 is 0 Å². The van der Waals surface area contributed by atoms with Crippen molar-refractivity contribution in [1.29, 1.82) is 0 Å². The summed E-state index contributed by atoms with van der Waals surface area (Å²) in [5, 5.41) is 15.3. The van der Waals surface area contributed by atoms with E-state index < -0.39 is 6.10 Å². The van der Waals surface area contributed by atoms with Gasteiger partial charge < -0.3 is 25.1 Å². The Morgan fingerprint density at radius 3 is 2.90 bits per heavy atom. The number of hydrogen-bond donors (Lipinski definition) is 3. The minimum atomic E-state index is -0.534. The van der Waals surface area contributed by atoms with Crippen LogP contribution in [-0.2, 0) is 6.54 Å². The Labute approximate surface area is 125 Å². The number of nitrogens with one attached hydrogen (secondary N) is 2. The van der Waals surface area contributed by atoms with Gasteiger partial charge >= 0.3 is 6.03 Å². The fraction of sp³-hybridized carbons (Fsp3) is 0.667. The molecule has 2 amide bonds. The van der Waals surface area contributed by atoms with Crippen molar-refractivity contribution in [1.82, 2.24) is 15.5 Å². The van der Waals surface area contributed by atoms with Crippen LogP contribution in [0, 0.1) is 5.92 Å². The Morgan fingerprint density at radius 1 is 1.48 bits per heavy atom. The molecule has 0 saturated carbocycles. The number of hydrogen-bond acceptors (Lipinski definition) is 4. The quantitative estimate of drug-likeness (QED) is 0.736. The average molecular weight is 295 g/mol. The van der Waals surface area contributed by atoms with Crippen molar-refractivity contribution in [3.63, 3.8) is 0 Å². The van der Waals surface area contributed by atoms with E-state index in [1.165, 1.54) is 12.8 Å². The van der Waals surface area contributed by atoms with Gasteiger partial charge in [0.25, 0.3) is 0 Å². The van der Waals surface area contributed by atoms with Crippen LogP contribution in [0.15, 0.2) is 22.8 Å². The Bertz CT molecular complexity index is 414. The van der Waals surface area contributed by atoms with E-state index >= 15 is 0 Å². The Morgan fingerprint density at radius 2 is 2.24 bits per heavy atom. The molecule has 0 aromatic carbocycles. The smallest absolute Gasteiger partial charge is 0.315 e. The fourth-order valence-electron chi connectivity index (χ4n) is 2.46. The van der Waals surface area contributed by atoms with Gasteiger partial charge in [-0.3, -0.25) is 0 Å². The van der Waals surface area contributed by atoms with Gasteiger partial charge in [0.15, 0.2) is 0 Å². The molecule has 0 unspecified atom stereocenters. The van der Waals surface area contributed by atoms with Crippen LogP contribution in [0.1, 0.15) is 25.5 Å². The Kier molecular flexibility index (Phi) is 6.07. The summed E-state index contributed by atoms with van der Waals surface area (Å²) in [6.07, 6.45) is 3.40. The zero-order chi connectivity index (χ0) is 15.1. The zero-order valence-electron chi connectivity index (χ0n) is 12.5. The molecule has 2 rings (SSSR count). The van der Waals surface area contributed by atoms with Crippen molar-refractivity contribution in [2.45, 2.75) is 32.4 Å². The molecule has 6 nitrogen and oxygen atoms in total. The first-order chi connectivity index (χ1) is 10.1. The van der Waals surface area contributed by atoms with Crippen LogP contribution in [-0.4, -0.2) is 48.3 Å². The maximum Gasteiger partial charge on any atom is 0.315 e. The van der Waals surface area contributed by atoms with Gasteiger partial charge in [-0.2, -0.15) is 0 Å². The predicted molar refractivity (Wildman–Crippen MR) is 79.8 cm³/mol. The lowest BCUT2D eigenvalue weighted by Crippen LogP contribution is -2.45. The summed E-state index contributed by atoms with van der Waals surface area (Å²) in [7, 11) is 0. The molecule has 1 aliphatic rings. The Balaban J connectivity index is 1.57. The SMILES string of the molecule is CC1CCN(C[C@@H](O)CNC(=O)NCc2ccco2)CC1. The molecule has 2 heterocycles. The number of aliphatic hydroxyl groups excluding tert-OH is 1. The lowest BCUT2D eigenvalue weighted by atomic mass is 9.99. The summed E-state index contributed by atoms with van der Waals surface area (Å²) in [6.45, 7) is 5.55. The van der Waals surface area contributed by atoms with Crippen LogP contribution in [0.2, 0.25) is 0 Å². The molecule has 1 aliphatic heterocycles. The van der Waals surface area contributed by atoms with Gasteiger partial charge in [0.1, 0.15) is 5.76 Å². The standard InChI is InChI=1S/C15H25N3O3/c1-12-4-6-18(7-5-12)11-13(19)9-16-15(20)17-10-14-3-2-8-21-14/h2-3,8,12-13,19H,4-7,9-11H2,1H3,(H2,16,17,20)/t13-/m0/s1. The molecule has 1 fully saturated rings. The lowest BCUT2D eigenvalue weighted by molar-refractivity contribution is 0.0920. The second-order valence-electron chi connectivity index (χ2n) is 5.78. The average Bonchev–Trinajstić information content (AvgIpc) is 2.99. The number of aliphatic hydroxyl groups is 1. The van der Waals surface area contributed by atoms with Crippen molar-refractivity contribution in [2.75, 3.05) is 26.2 Å². The molecule has 3 N–H and O–H groups in total. The number of likely N-dealkylation sites (tertiary alicyclic amines) is 1. The van der Waals surface area contributed by atoms with Gasteiger partial charge in [0, 0.05) is 13.1 Å². The van der Waals surface area contributed by atoms with Crippen LogP contribution in [0.5, 0.6) is 0 Å². The van der Waals surface area contributed by atoms with Gasteiger partial charge in [-0.25, -0.2) is 4.79 Å². The highest BCUT2D eigenvalue weighted by Gasteiger charge is 2.18. The van der Waals surface area contributed by atoms with Crippen molar-refractivity contribution >= 4 is 6.03 Å². The topological polar surface area (TPSA) is 77.7 Å². The number of urea groups is 1. The van der Waals surface area contributed by atoms with Crippen LogP contribution in [0.3, 0.4) is 0 Å². The highest BCUT2D eigenvalue weighted by atomic mass is 16.3. The van der Waals surface area contributed by atoms with Gasteiger partial charge in [-0.15, -0.1) is 0 Å². The van der Waals surface area contributed by atoms with Crippen LogP contribution in [0.4, 0.5) is 4.79 Å². The van der Waals surface area contributed by atoms with Gasteiger partial charge in [0.2, 0.25) is 0 Å². The van der Waals surface area contributed by atoms with Crippen molar-refractivity contribution < 1.29 is 14.3 Å². The first kappa shape index (κ1) is 15.9. The van der Waals surface area contributed by atoms with Gasteiger partial charge in [-0.05, 0) is 44.0 Å². The van der Waals surface area contributed by atoms with Crippen molar-refractivity contribution in [3.05, 3.63) is 24.2 Å². The number of carbonyl (C=O) groups excluding carboxylic acids is 1. The van der Waals surface area contributed by atoms with E-state index in [4.69, 9.17) is 4.42 Å². The van der Waals surface area contributed by atoms with E-state index in [1.54, 1.807) is 18.4 Å². The third-order valence-corrected chi connectivity index (χ3v) is 3.85. The summed E-state index contributed by atoms with van der Waals surface area (Å²) in [6, 6.07) is 3.28. The molecular formula is C15H25N3O3. The molecule has 0 spiro atoms. The molecule has 118 valence electrons. The van der Waals surface area contributed by atoms with E-state index in [9.17, 15) is 9.90 Å². The monoisotopic (exact) mass is 295 g/mol. The maximum absolute atomic E-state index is 11.6. The molecule has 21 heavy (non-hydrogen) atoms. The number of β-amino-alcohol motifs (C(OH)–C–C–N with tert-alkyl or cyclic N) is 1. The summed E-state index contributed by atoms with van der Waals surface area (Å²) < 4.78 is 5.12. The largest absolute Gasteiger partial charge is 0.467 e. The number of rotatable bonds is 6. The summed E-state index contributed by atoms with van der Waals surface area (Å²) >= 11 is 0. The molecule has 1 saturated heterocycles. The predicted octanol–water partition coefficient (Wildman–Crippen LogP) is 1.17. The highest BCUT2D eigenvalue weighted by Crippen LogP contribution is 2.15. The molecule has 0 aliphatic carbocycles. The molecule has 0 bridgehead atoms. The second-order valence-corrected chi connectivity index (χ2v) is 5.78. The summed E-state index contributed by atoms with van der Waals surface area (Å²) in [5.41, 5.74) is 0. The van der Waals surface area contributed by atoms with E-state index in [-0.39, 0.29) is 12.6 Å². The van der Waals surface area contributed by atoms with E-state index in [0.29, 0.717) is 18.8 Å². The first-order valence-electron chi connectivity index (χ1n) is 7.58. The van der Waals surface area contributed by atoms with E-state index in [2.05, 4.69) is 22.5 Å². The second kappa shape index (κ2) is 8.05. The lowest BCUT2D eigenvalue weighted by Gasteiger charge is -2.31. The van der Waals surface area contributed by atoms with Crippen LogP contribution < -0.4 is 10.6 Å². The first-order valence-corrected chi connectivity index (χ1v) is 7.58. The minimum absolute atomic E-state index is 0.260. The maximum atomic E-state index is 11.6. The molecule has 1 aromatic rings. The van der Waals surface area contributed by atoms with Gasteiger partial charge in [-0.1, -0.05) is 6.92 Å². The molecule has 1 aromatic heterocycles. The summed E-state index contributed by atoms with van der Waals surface area (Å²) in [5.74, 6) is 1.48. The molecule has 6 heteroatoms. The Hall–Kier alpha value is -1.53. The third-order valence-electron chi connectivity index (χ3n) is 3.85. The third kappa shape index (κ3) is 5.77. The molecule has 0 radical (unpaired) electrons. The molecular weight excluding hydrogens is 270 g/mol. The number of amides is 2. The van der Waals surface area contributed by atoms with Crippen LogP contribution in [0.25, 0.3) is 0 Å².